The minimum atomic E-state index is -0.312. The van der Waals surface area contributed by atoms with Crippen LogP contribution in [0.1, 0.15) is 38.5 Å². The van der Waals surface area contributed by atoms with Gasteiger partial charge in [0.05, 0.1) is 28.8 Å². The van der Waals surface area contributed by atoms with Gasteiger partial charge >= 0.3 is 0 Å². The van der Waals surface area contributed by atoms with Gasteiger partial charge in [-0.05, 0) is 92.5 Å². The van der Waals surface area contributed by atoms with Gasteiger partial charge in [-0.25, -0.2) is 14.4 Å². The lowest BCUT2D eigenvalue weighted by molar-refractivity contribution is -0.117. The van der Waals surface area contributed by atoms with E-state index in [1.807, 2.05) is 50.5 Å². The van der Waals surface area contributed by atoms with Gasteiger partial charge in [0.15, 0.2) is 0 Å². The molecule has 7 rings (SSSR count). The van der Waals surface area contributed by atoms with E-state index in [0.29, 0.717) is 47.1 Å². The number of carbonyl (C=O) groups excluding carboxylic acids is 1. The van der Waals surface area contributed by atoms with Crippen LogP contribution in [-0.2, 0) is 4.79 Å². The van der Waals surface area contributed by atoms with E-state index in [1.165, 1.54) is 31.4 Å². The lowest BCUT2D eigenvalue weighted by Crippen LogP contribution is -2.20. The largest absolute Gasteiger partial charge is 0.384 e. The molecule has 1 aliphatic carbocycles. The fourth-order valence-electron chi connectivity index (χ4n) is 6.44. The van der Waals surface area contributed by atoms with Crippen LogP contribution >= 0.6 is 0 Å². The zero-order valence-corrected chi connectivity index (χ0v) is 26.6. The number of aromatic amines is 2. The Hall–Kier alpha value is -5.16. The highest BCUT2D eigenvalue weighted by atomic mass is 19.1. The van der Waals surface area contributed by atoms with E-state index in [1.54, 1.807) is 18.6 Å². The van der Waals surface area contributed by atoms with Crippen LogP contribution < -0.4 is 10.6 Å². The number of hydrogen-bond acceptors (Lipinski definition) is 7. The highest BCUT2D eigenvalue weighted by molar-refractivity contribution is 5.99. The Bertz CT molecular complexity index is 2040. The molecule has 0 aliphatic heterocycles. The summed E-state index contributed by atoms with van der Waals surface area (Å²) in [5.41, 5.74) is 7.97. The number of fused-ring (bicyclic) bond motifs is 2. The van der Waals surface area contributed by atoms with Crippen molar-refractivity contribution in [2.24, 2.45) is 5.92 Å². The van der Waals surface area contributed by atoms with Crippen molar-refractivity contribution >= 4 is 39.3 Å². The molecule has 0 saturated heterocycles. The summed E-state index contributed by atoms with van der Waals surface area (Å²) in [5.74, 6) is 0.173. The summed E-state index contributed by atoms with van der Waals surface area (Å²) in [6.45, 7) is 1.53. The smallest absolute Gasteiger partial charge is 0.224 e. The molecule has 4 N–H and O–H groups in total. The quantitative estimate of drug-likeness (QED) is 0.125. The van der Waals surface area contributed by atoms with E-state index in [4.69, 9.17) is 4.98 Å². The molecule has 1 amide bonds. The highest BCUT2D eigenvalue weighted by Crippen LogP contribution is 2.35. The normalized spacial score (nSPS) is 13.9. The fraction of sp³-hybridized carbons (Fsp3) is 0.306. The average molecular weight is 632 g/mol. The molecular formula is C36H38FN9O. The maximum atomic E-state index is 14.7. The number of rotatable bonds is 10. The fourth-order valence-corrected chi connectivity index (χ4v) is 6.44. The average Bonchev–Trinajstić information content (AvgIpc) is 3.69. The van der Waals surface area contributed by atoms with E-state index >= 15 is 0 Å². The first-order valence-electron chi connectivity index (χ1n) is 16.2. The van der Waals surface area contributed by atoms with E-state index in [-0.39, 0.29) is 11.7 Å². The molecular weight excluding hydrogens is 593 g/mol. The highest BCUT2D eigenvalue weighted by Gasteiger charge is 2.19. The molecule has 6 aromatic rings. The lowest BCUT2D eigenvalue weighted by Gasteiger charge is -2.20. The predicted molar refractivity (Wildman–Crippen MR) is 184 cm³/mol. The van der Waals surface area contributed by atoms with Crippen molar-refractivity contribution in [2.45, 2.75) is 38.5 Å². The number of pyridine rings is 3. The number of nitrogens with one attached hydrogen (secondary N) is 4. The lowest BCUT2D eigenvalue weighted by atomic mass is 9.87. The van der Waals surface area contributed by atoms with Crippen molar-refractivity contribution in [2.75, 3.05) is 37.8 Å². The number of benzene rings is 1. The van der Waals surface area contributed by atoms with Crippen LogP contribution in [0.25, 0.3) is 55.8 Å². The van der Waals surface area contributed by atoms with Crippen LogP contribution in [0.4, 0.5) is 15.8 Å². The summed E-state index contributed by atoms with van der Waals surface area (Å²) in [7, 11) is 4.01. The van der Waals surface area contributed by atoms with Crippen molar-refractivity contribution in [3.8, 4) is 33.8 Å². The van der Waals surface area contributed by atoms with E-state index in [2.05, 4.69) is 40.7 Å². The molecule has 240 valence electrons. The Morgan fingerprint density at radius 2 is 1.85 bits per heavy atom. The second-order valence-electron chi connectivity index (χ2n) is 12.6. The number of amides is 1. The summed E-state index contributed by atoms with van der Waals surface area (Å²) in [5, 5.41) is 14.9. The number of carbonyl (C=O) groups is 1. The third-order valence-electron chi connectivity index (χ3n) is 8.81. The second kappa shape index (κ2) is 13.3. The van der Waals surface area contributed by atoms with Crippen LogP contribution in [0, 0.1) is 11.7 Å². The van der Waals surface area contributed by atoms with Crippen molar-refractivity contribution in [3.63, 3.8) is 0 Å². The zero-order valence-electron chi connectivity index (χ0n) is 26.6. The summed E-state index contributed by atoms with van der Waals surface area (Å²) < 4.78 is 14.7. The van der Waals surface area contributed by atoms with Crippen LogP contribution in [0.3, 0.4) is 0 Å². The minimum absolute atomic E-state index is 0.0261. The molecule has 0 bridgehead atoms. The Balaban J connectivity index is 1.16. The molecule has 47 heavy (non-hydrogen) atoms. The topological polar surface area (TPSA) is 128 Å². The van der Waals surface area contributed by atoms with Gasteiger partial charge in [0.25, 0.3) is 0 Å². The van der Waals surface area contributed by atoms with Gasteiger partial charge in [-0.1, -0.05) is 19.3 Å². The van der Waals surface area contributed by atoms with Crippen LogP contribution in [0.5, 0.6) is 0 Å². The van der Waals surface area contributed by atoms with Crippen molar-refractivity contribution < 1.29 is 9.18 Å². The van der Waals surface area contributed by atoms with Gasteiger partial charge < -0.3 is 20.5 Å². The SMILES string of the molecule is CN(C)CCNc1cc(F)cc(-c2ccnc3[nH]c(-c4n[nH]c5ccc(-c6cncc(NC(=O)CC7CCCCC7)c6)nc45)cc23)c1. The summed E-state index contributed by atoms with van der Waals surface area (Å²) in [4.78, 5) is 32.1. The van der Waals surface area contributed by atoms with Gasteiger partial charge in [0, 0.05) is 48.5 Å². The number of aromatic nitrogens is 6. The van der Waals surface area contributed by atoms with Crippen molar-refractivity contribution in [3.05, 3.63) is 72.9 Å². The second-order valence-corrected chi connectivity index (χ2v) is 12.6. The monoisotopic (exact) mass is 631 g/mol. The van der Waals surface area contributed by atoms with E-state index < -0.39 is 0 Å². The Labute approximate surface area is 272 Å². The standard InChI is InChI=1S/C36H38FN9O/c1-46(2)13-12-39-26-16-23(15-25(37)18-26)28-10-11-40-36-29(28)19-32(43-36)35-34-31(44-45-35)9-8-30(42-34)24-17-27(21-38-20-24)41-33(47)14-22-6-4-3-5-7-22/h8-11,15-22,39H,3-7,12-14H2,1-2H3,(H,40,43)(H,41,47)(H,44,45). The summed E-state index contributed by atoms with van der Waals surface area (Å²) in [6.07, 6.45) is 11.6. The van der Waals surface area contributed by atoms with Gasteiger partial charge in [0.1, 0.15) is 22.7 Å². The summed E-state index contributed by atoms with van der Waals surface area (Å²) >= 11 is 0. The number of hydrogen-bond donors (Lipinski definition) is 4. The molecule has 1 fully saturated rings. The first-order chi connectivity index (χ1) is 22.9. The Morgan fingerprint density at radius 1 is 1.00 bits per heavy atom. The number of halogens is 1. The van der Waals surface area contributed by atoms with Crippen molar-refractivity contribution in [1.29, 1.82) is 0 Å². The molecule has 10 nitrogen and oxygen atoms in total. The van der Waals surface area contributed by atoms with Gasteiger partial charge in [-0.15, -0.1) is 0 Å². The molecule has 0 spiro atoms. The zero-order chi connectivity index (χ0) is 32.3. The molecule has 1 saturated carbocycles. The van der Waals surface area contributed by atoms with Crippen molar-refractivity contribution in [1.82, 2.24) is 35.0 Å². The Kier molecular flexibility index (Phi) is 8.62. The van der Waals surface area contributed by atoms with E-state index in [0.717, 1.165) is 58.4 Å². The number of likely N-dealkylation sites (N-methyl/N-ethyl adjacent to an activating group) is 1. The summed E-state index contributed by atoms with van der Waals surface area (Å²) in [6, 6.07) is 14.6. The number of H-pyrrole nitrogens is 2. The van der Waals surface area contributed by atoms with E-state index in [9.17, 15) is 9.18 Å². The molecule has 5 heterocycles. The first kappa shape index (κ1) is 30.5. The van der Waals surface area contributed by atoms with Crippen LogP contribution in [0.2, 0.25) is 0 Å². The number of nitrogens with zero attached hydrogens (tertiary/aromatic N) is 5. The molecule has 1 aliphatic rings. The molecule has 11 heteroatoms. The third-order valence-corrected chi connectivity index (χ3v) is 8.81. The molecule has 0 unspecified atom stereocenters. The molecule has 0 radical (unpaired) electrons. The maximum Gasteiger partial charge on any atom is 0.224 e. The minimum Gasteiger partial charge on any atom is -0.384 e. The predicted octanol–water partition coefficient (Wildman–Crippen LogP) is 7.25. The first-order valence-corrected chi connectivity index (χ1v) is 16.2. The molecule has 1 aromatic carbocycles. The van der Waals surface area contributed by atoms with Crippen LogP contribution in [-0.4, -0.2) is 68.1 Å². The molecule has 0 atom stereocenters. The molecule has 5 aromatic heterocycles. The van der Waals surface area contributed by atoms with Crippen LogP contribution in [0.15, 0.2) is 67.1 Å². The third kappa shape index (κ3) is 6.85. The van der Waals surface area contributed by atoms with Gasteiger partial charge in [-0.3, -0.25) is 14.9 Å². The maximum absolute atomic E-state index is 14.7. The van der Waals surface area contributed by atoms with Gasteiger partial charge in [0.2, 0.25) is 5.91 Å². The van der Waals surface area contributed by atoms with Gasteiger partial charge in [-0.2, -0.15) is 5.10 Å². The Morgan fingerprint density at radius 3 is 2.70 bits per heavy atom. The number of anilines is 2.